The highest BCUT2D eigenvalue weighted by Crippen LogP contribution is 2.45. The first kappa shape index (κ1) is 18.2. The Hall–Kier alpha value is -1.60. The van der Waals surface area contributed by atoms with E-state index >= 15 is 0 Å². The van der Waals surface area contributed by atoms with Crippen LogP contribution in [0.5, 0.6) is 0 Å². The maximum absolute atomic E-state index is 13.2. The van der Waals surface area contributed by atoms with Crippen molar-refractivity contribution in [1.82, 2.24) is 20.0 Å². The Labute approximate surface area is 154 Å². The van der Waals surface area contributed by atoms with Crippen molar-refractivity contribution in [2.75, 3.05) is 37.6 Å². The van der Waals surface area contributed by atoms with Crippen molar-refractivity contribution in [3.8, 4) is 0 Å². The molecule has 3 aliphatic rings. The van der Waals surface area contributed by atoms with Gasteiger partial charge in [0.2, 0.25) is 11.8 Å². The van der Waals surface area contributed by atoms with Gasteiger partial charge in [0.1, 0.15) is 6.54 Å². The molecule has 8 heteroatoms. The van der Waals surface area contributed by atoms with Gasteiger partial charge in [-0.25, -0.2) is 0 Å². The number of fused-ring (bicyclic) bond motifs is 1. The van der Waals surface area contributed by atoms with Crippen molar-refractivity contribution in [2.24, 2.45) is 18.4 Å². The molecule has 0 spiro atoms. The zero-order valence-corrected chi connectivity index (χ0v) is 15.4. The second-order valence-corrected chi connectivity index (χ2v) is 7.37. The molecule has 138 valence electrons. The summed E-state index contributed by atoms with van der Waals surface area (Å²) in [5.74, 6) is 0.610. The third-order valence-corrected chi connectivity index (χ3v) is 5.97. The minimum Gasteiger partial charge on any atom is -0.331 e. The van der Waals surface area contributed by atoms with Gasteiger partial charge in [0, 0.05) is 32.9 Å². The molecule has 4 rings (SSSR count). The summed E-state index contributed by atoms with van der Waals surface area (Å²) in [7, 11) is 1.84. The smallest absolute Gasteiger partial charge is 0.246 e. The molecule has 2 atom stereocenters. The second kappa shape index (κ2) is 6.96. The number of hydrogen-bond acceptors (Lipinski definition) is 4. The maximum atomic E-state index is 13.2. The molecule has 1 aromatic heterocycles. The number of carbonyl (C=O) groups is 2. The van der Waals surface area contributed by atoms with Crippen LogP contribution in [-0.4, -0.2) is 59.2 Å². The number of anilines is 1. The predicted octanol–water partition coefficient (Wildman–Crippen LogP) is 0.797. The largest absolute Gasteiger partial charge is 0.331 e. The molecule has 1 aromatic rings. The van der Waals surface area contributed by atoms with Crippen LogP contribution in [0.15, 0.2) is 12.4 Å². The van der Waals surface area contributed by atoms with Crippen LogP contribution in [-0.2, 0) is 16.6 Å². The van der Waals surface area contributed by atoms with Gasteiger partial charge in [-0.05, 0) is 25.3 Å². The van der Waals surface area contributed by atoms with E-state index in [1.165, 1.54) is 6.42 Å². The molecule has 2 amide bonds. The van der Waals surface area contributed by atoms with E-state index in [1.54, 1.807) is 20.7 Å². The van der Waals surface area contributed by atoms with E-state index in [9.17, 15) is 9.59 Å². The Morgan fingerprint density at radius 3 is 2.92 bits per heavy atom. The Kier molecular flexibility index (Phi) is 5.06. The van der Waals surface area contributed by atoms with Crippen LogP contribution in [0.3, 0.4) is 0 Å². The van der Waals surface area contributed by atoms with Crippen molar-refractivity contribution >= 4 is 29.9 Å². The number of rotatable bonds is 2. The minimum atomic E-state index is -0.269. The van der Waals surface area contributed by atoms with Crippen molar-refractivity contribution < 1.29 is 9.59 Å². The number of hydrogen-bond donors (Lipinski definition) is 1. The average molecular weight is 368 g/mol. The van der Waals surface area contributed by atoms with Crippen molar-refractivity contribution in [1.29, 1.82) is 0 Å². The highest BCUT2D eigenvalue weighted by molar-refractivity contribution is 5.98. The fourth-order valence-electron chi connectivity index (χ4n) is 4.65. The number of nitrogens with one attached hydrogen (secondary N) is 1. The Bertz CT molecular complexity index is 663. The molecule has 0 radical (unpaired) electrons. The van der Waals surface area contributed by atoms with Crippen LogP contribution < -0.4 is 10.2 Å². The van der Waals surface area contributed by atoms with E-state index in [0.717, 1.165) is 38.0 Å². The molecular formula is C17H26ClN5O2. The van der Waals surface area contributed by atoms with Gasteiger partial charge < -0.3 is 15.1 Å². The predicted molar refractivity (Wildman–Crippen MR) is 96.6 cm³/mol. The van der Waals surface area contributed by atoms with Crippen LogP contribution >= 0.6 is 12.4 Å². The first-order valence-corrected chi connectivity index (χ1v) is 8.89. The lowest BCUT2D eigenvalue weighted by atomic mass is 9.67. The van der Waals surface area contributed by atoms with E-state index in [1.807, 2.05) is 13.2 Å². The highest BCUT2D eigenvalue weighted by atomic mass is 35.5. The Morgan fingerprint density at radius 2 is 2.20 bits per heavy atom. The van der Waals surface area contributed by atoms with E-state index in [-0.39, 0.29) is 36.2 Å². The number of amides is 2. The van der Waals surface area contributed by atoms with Crippen molar-refractivity contribution in [2.45, 2.75) is 25.7 Å². The molecule has 1 aliphatic carbocycles. The van der Waals surface area contributed by atoms with Crippen molar-refractivity contribution in [3.63, 3.8) is 0 Å². The van der Waals surface area contributed by atoms with E-state index in [2.05, 4.69) is 10.4 Å². The minimum absolute atomic E-state index is 0. The van der Waals surface area contributed by atoms with Crippen LogP contribution in [0.1, 0.15) is 25.7 Å². The van der Waals surface area contributed by atoms with Gasteiger partial charge in [-0.2, -0.15) is 5.10 Å². The number of aromatic nitrogens is 2. The summed E-state index contributed by atoms with van der Waals surface area (Å²) in [5, 5.41) is 7.55. The molecule has 2 aliphatic heterocycles. The number of nitrogens with zero attached hydrogens (tertiary/aromatic N) is 4. The van der Waals surface area contributed by atoms with Gasteiger partial charge in [-0.3, -0.25) is 14.3 Å². The SMILES string of the molecule is Cl.Cn1cc(N2CCN(C(=O)[C@@]34CCCC[C@H]3CNC4)CC2=O)cn1. The zero-order chi connectivity index (χ0) is 16.7. The molecule has 0 unspecified atom stereocenters. The Morgan fingerprint density at radius 1 is 1.36 bits per heavy atom. The van der Waals surface area contributed by atoms with Gasteiger partial charge >= 0.3 is 0 Å². The molecule has 2 saturated heterocycles. The monoisotopic (exact) mass is 367 g/mol. The van der Waals surface area contributed by atoms with E-state index in [4.69, 9.17) is 0 Å². The maximum Gasteiger partial charge on any atom is 0.246 e. The standard InChI is InChI=1S/C17H25N5O2.ClH/c1-20-10-14(9-19-20)22-7-6-21(11-15(22)23)16(24)17-5-3-2-4-13(17)8-18-12-17;/h9-10,13,18H,2-8,11-12H2,1H3;1H/t13-,17+;/m0./s1. The van der Waals surface area contributed by atoms with Gasteiger partial charge in [0.05, 0.1) is 17.3 Å². The first-order chi connectivity index (χ1) is 11.6. The lowest BCUT2D eigenvalue weighted by Gasteiger charge is -2.43. The Balaban J connectivity index is 0.00000182. The first-order valence-electron chi connectivity index (χ1n) is 8.89. The quantitative estimate of drug-likeness (QED) is 0.839. The van der Waals surface area contributed by atoms with E-state index < -0.39 is 0 Å². The molecule has 3 heterocycles. The van der Waals surface area contributed by atoms with Gasteiger partial charge in [0.15, 0.2) is 0 Å². The summed E-state index contributed by atoms with van der Waals surface area (Å²) >= 11 is 0. The summed E-state index contributed by atoms with van der Waals surface area (Å²) in [4.78, 5) is 29.3. The molecule has 1 saturated carbocycles. The molecule has 0 aromatic carbocycles. The summed E-state index contributed by atoms with van der Waals surface area (Å²) in [6.45, 7) is 3.05. The van der Waals surface area contributed by atoms with Crippen molar-refractivity contribution in [3.05, 3.63) is 12.4 Å². The van der Waals surface area contributed by atoms with Crippen LogP contribution in [0, 0.1) is 11.3 Å². The van der Waals surface area contributed by atoms with Gasteiger partial charge in [0.25, 0.3) is 0 Å². The summed E-state index contributed by atoms with van der Waals surface area (Å²) in [6, 6.07) is 0. The summed E-state index contributed by atoms with van der Waals surface area (Å²) < 4.78 is 1.69. The van der Waals surface area contributed by atoms with Gasteiger partial charge in [-0.15, -0.1) is 12.4 Å². The number of carbonyl (C=O) groups excluding carboxylic acids is 2. The summed E-state index contributed by atoms with van der Waals surface area (Å²) in [5.41, 5.74) is 0.542. The fourth-order valence-corrected chi connectivity index (χ4v) is 4.65. The molecular weight excluding hydrogens is 342 g/mol. The topological polar surface area (TPSA) is 70.5 Å². The normalized spacial score (nSPS) is 29.3. The third kappa shape index (κ3) is 3.04. The van der Waals surface area contributed by atoms with Crippen LogP contribution in [0.2, 0.25) is 0 Å². The number of halogens is 1. The third-order valence-electron chi connectivity index (χ3n) is 5.97. The fraction of sp³-hybridized carbons (Fsp3) is 0.706. The van der Waals surface area contributed by atoms with Crippen LogP contribution in [0.25, 0.3) is 0 Å². The lowest BCUT2D eigenvalue weighted by Crippen LogP contribution is -2.58. The number of piperazine rings is 1. The van der Waals surface area contributed by atoms with Gasteiger partial charge in [-0.1, -0.05) is 12.8 Å². The average Bonchev–Trinajstić information content (AvgIpc) is 3.20. The molecule has 0 bridgehead atoms. The molecule has 7 nitrogen and oxygen atoms in total. The lowest BCUT2D eigenvalue weighted by molar-refractivity contribution is -0.148. The van der Waals surface area contributed by atoms with E-state index in [0.29, 0.717) is 19.0 Å². The second-order valence-electron chi connectivity index (χ2n) is 7.37. The molecule has 3 fully saturated rings. The number of aryl methyl sites for hydroxylation is 1. The summed E-state index contributed by atoms with van der Waals surface area (Å²) in [6.07, 6.45) is 7.96. The van der Waals surface area contributed by atoms with Crippen LogP contribution in [0.4, 0.5) is 5.69 Å². The molecule has 1 N–H and O–H groups in total. The highest BCUT2D eigenvalue weighted by Gasteiger charge is 2.52. The molecule has 25 heavy (non-hydrogen) atoms. The zero-order valence-electron chi connectivity index (χ0n) is 14.6.